The molecule has 0 spiro atoms. The van der Waals surface area contributed by atoms with E-state index in [1.54, 1.807) is 10.7 Å². The summed E-state index contributed by atoms with van der Waals surface area (Å²) >= 11 is 5.78. The Balaban J connectivity index is 2.19. The summed E-state index contributed by atoms with van der Waals surface area (Å²) in [4.78, 5) is 12.3. The van der Waals surface area contributed by atoms with E-state index < -0.39 is 0 Å². The van der Waals surface area contributed by atoms with Crippen LogP contribution in [0.5, 0.6) is 0 Å². The molecule has 0 saturated heterocycles. The molecule has 2 heterocycles. The molecule has 0 bridgehead atoms. The van der Waals surface area contributed by atoms with E-state index in [9.17, 15) is 4.79 Å². The van der Waals surface area contributed by atoms with Gasteiger partial charge in [0.15, 0.2) is 0 Å². The topological polar surface area (TPSA) is 46.4 Å². The summed E-state index contributed by atoms with van der Waals surface area (Å²) < 4.78 is 1.70. The Hall–Kier alpha value is -1.55. The van der Waals surface area contributed by atoms with Gasteiger partial charge in [0.1, 0.15) is 0 Å². The predicted molar refractivity (Wildman–Crippen MR) is 76.6 cm³/mol. The van der Waals surface area contributed by atoms with E-state index in [4.69, 9.17) is 11.6 Å². The number of rotatable bonds is 5. The minimum atomic E-state index is -0.0926. The van der Waals surface area contributed by atoms with Crippen LogP contribution in [-0.2, 0) is 0 Å². The first-order valence-corrected chi connectivity index (χ1v) is 6.96. The summed E-state index contributed by atoms with van der Waals surface area (Å²) in [7, 11) is 0. The van der Waals surface area contributed by atoms with Crippen LogP contribution >= 0.6 is 11.6 Å². The van der Waals surface area contributed by atoms with E-state index in [-0.39, 0.29) is 11.9 Å². The molecular weight excluding hydrogens is 262 g/mol. The smallest absolute Gasteiger partial charge is 0.255 e. The molecule has 0 aliphatic carbocycles. The standard InChI is InChI=1S/C14H18ClN3O/c1-10(2)12(6-7-15)17-14(19)11-9-16-18-8-4-3-5-13(11)18/h3-5,8-10,12H,6-7H2,1-2H3,(H,17,19). The first-order valence-electron chi connectivity index (χ1n) is 6.42. The van der Waals surface area contributed by atoms with Gasteiger partial charge in [-0.1, -0.05) is 19.9 Å². The van der Waals surface area contributed by atoms with Crippen molar-refractivity contribution in [3.8, 4) is 0 Å². The number of nitrogens with one attached hydrogen (secondary N) is 1. The summed E-state index contributed by atoms with van der Waals surface area (Å²) in [6.07, 6.45) is 4.19. The van der Waals surface area contributed by atoms with Crippen molar-refractivity contribution in [2.24, 2.45) is 5.92 Å². The molecule has 0 aliphatic heterocycles. The second kappa shape index (κ2) is 6.06. The van der Waals surface area contributed by atoms with Gasteiger partial charge in [-0.2, -0.15) is 5.10 Å². The number of aromatic nitrogens is 2. The Morgan fingerprint density at radius 2 is 2.26 bits per heavy atom. The lowest BCUT2D eigenvalue weighted by Gasteiger charge is -2.21. The van der Waals surface area contributed by atoms with Crippen LogP contribution in [0.3, 0.4) is 0 Å². The van der Waals surface area contributed by atoms with Gasteiger partial charge in [-0.05, 0) is 24.5 Å². The van der Waals surface area contributed by atoms with Crippen LogP contribution in [0.4, 0.5) is 0 Å². The molecule has 2 rings (SSSR count). The molecule has 0 aliphatic rings. The van der Waals surface area contributed by atoms with Crippen molar-refractivity contribution in [2.75, 3.05) is 5.88 Å². The highest BCUT2D eigenvalue weighted by Gasteiger charge is 2.19. The molecule has 1 atom stereocenters. The first-order chi connectivity index (χ1) is 9.13. The fourth-order valence-electron chi connectivity index (χ4n) is 2.05. The molecule has 2 aromatic heterocycles. The van der Waals surface area contributed by atoms with Crippen LogP contribution in [0.2, 0.25) is 0 Å². The summed E-state index contributed by atoms with van der Waals surface area (Å²) in [5, 5.41) is 7.20. The largest absolute Gasteiger partial charge is 0.349 e. The molecule has 102 valence electrons. The van der Waals surface area contributed by atoms with Crippen LogP contribution < -0.4 is 5.32 Å². The third-order valence-corrected chi connectivity index (χ3v) is 3.43. The maximum Gasteiger partial charge on any atom is 0.255 e. The number of fused-ring (bicyclic) bond motifs is 1. The molecule has 1 unspecified atom stereocenters. The van der Waals surface area contributed by atoms with Gasteiger partial charge in [0, 0.05) is 18.1 Å². The number of alkyl halides is 1. The maximum atomic E-state index is 12.3. The molecule has 2 aromatic rings. The van der Waals surface area contributed by atoms with Gasteiger partial charge in [-0.25, -0.2) is 4.52 Å². The second-order valence-corrected chi connectivity index (χ2v) is 5.27. The van der Waals surface area contributed by atoms with E-state index >= 15 is 0 Å². The molecule has 0 saturated carbocycles. The third-order valence-electron chi connectivity index (χ3n) is 3.21. The van der Waals surface area contributed by atoms with Gasteiger partial charge in [0.25, 0.3) is 5.91 Å². The fourth-order valence-corrected chi connectivity index (χ4v) is 2.28. The van der Waals surface area contributed by atoms with E-state index in [1.165, 1.54) is 0 Å². The molecule has 0 radical (unpaired) electrons. The van der Waals surface area contributed by atoms with Gasteiger partial charge in [0.2, 0.25) is 0 Å². The van der Waals surface area contributed by atoms with Gasteiger partial charge in [-0.3, -0.25) is 4.79 Å². The van der Waals surface area contributed by atoms with Gasteiger partial charge >= 0.3 is 0 Å². The summed E-state index contributed by atoms with van der Waals surface area (Å²) in [5.74, 6) is 0.798. The molecule has 5 heteroatoms. The summed E-state index contributed by atoms with van der Waals surface area (Å²) in [6.45, 7) is 4.15. The fraction of sp³-hybridized carbons (Fsp3) is 0.429. The van der Waals surface area contributed by atoms with E-state index in [2.05, 4.69) is 24.3 Å². The van der Waals surface area contributed by atoms with Crippen LogP contribution in [0.1, 0.15) is 30.6 Å². The first kappa shape index (κ1) is 13.9. The average Bonchev–Trinajstić information content (AvgIpc) is 2.81. The highest BCUT2D eigenvalue weighted by molar-refractivity contribution is 6.17. The normalized spacial score (nSPS) is 12.8. The Labute approximate surface area is 117 Å². The van der Waals surface area contributed by atoms with Crippen LogP contribution in [-0.4, -0.2) is 27.4 Å². The van der Waals surface area contributed by atoms with Crippen molar-refractivity contribution in [3.05, 3.63) is 36.2 Å². The molecule has 0 fully saturated rings. The molecule has 0 aromatic carbocycles. The van der Waals surface area contributed by atoms with Crippen molar-refractivity contribution < 1.29 is 4.79 Å². The van der Waals surface area contributed by atoms with E-state index in [0.717, 1.165) is 11.9 Å². The highest BCUT2D eigenvalue weighted by Crippen LogP contribution is 2.12. The highest BCUT2D eigenvalue weighted by atomic mass is 35.5. The SMILES string of the molecule is CC(C)C(CCCl)NC(=O)c1cnn2ccccc12. The third kappa shape index (κ3) is 3.07. The predicted octanol–water partition coefficient (Wildman–Crippen LogP) is 2.72. The molecule has 19 heavy (non-hydrogen) atoms. The van der Waals surface area contributed by atoms with Crippen LogP contribution in [0.15, 0.2) is 30.6 Å². The molecule has 1 N–H and O–H groups in total. The zero-order chi connectivity index (χ0) is 13.8. The quantitative estimate of drug-likeness (QED) is 0.856. The minimum Gasteiger partial charge on any atom is -0.349 e. The Bertz CT molecular complexity index is 565. The number of hydrogen-bond donors (Lipinski definition) is 1. The number of carbonyl (C=O) groups excluding carboxylic acids is 1. The maximum absolute atomic E-state index is 12.3. The zero-order valence-electron chi connectivity index (χ0n) is 11.1. The number of carbonyl (C=O) groups is 1. The number of pyridine rings is 1. The van der Waals surface area contributed by atoms with Crippen molar-refractivity contribution in [1.29, 1.82) is 0 Å². The Morgan fingerprint density at radius 1 is 1.47 bits per heavy atom. The average molecular weight is 280 g/mol. The van der Waals surface area contributed by atoms with Crippen molar-refractivity contribution in [1.82, 2.24) is 14.9 Å². The van der Waals surface area contributed by atoms with Crippen molar-refractivity contribution in [2.45, 2.75) is 26.3 Å². The zero-order valence-corrected chi connectivity index (χ0v) is 11.9. The molecular formula is C14H18ClN3O. The number of halogens is 1. The summed E-state index contributed by atoms with van der Waals surface area (Å²) in [5.41, 5.74) is 1.41. The van der Waals surface area contributed by atoms with E-state index in [1.807, 2.05) is 24.4 Å². The van der Waals surface area contributed by atoms with Gasteiger partial charge < -0.3 is 5.32 Å². The molecule has 1 amide bonds. The Morgan fingerprint density at radius 3 is 2.95 bits per heavy atom. The second-order valence-electron chi connectivity index (χ2n) is 4.89. The number of nitrogens with zero attached hydrogens (tertiary/aromatic N) is 2. The van der Waals surface area contributed by atoms with Crippen LogP contribution in [0.25, 0.3) is 5.52 Å². The molecule has 4 nitrogen and oxygen atoms in total. The lowest BCUT2D eigenvalue weighted by Crippen LogP contribution is -2.38. The minimum absolute atomic E-state index is 0.0867. The van der Waals surface area contributed by atoms with E-state index in [0.29, 0.717) is 17.4 Å². The van der Waals surface area contributed by atoms with Gasteiger partial charge in [-0.15, -0.1) is 11.6 Å². The van der Waals surface area contributed by atoms with Crippen molar-refractivity contribution >= 4 is 23.0 Å². The van der Waals surface area contributed by atoms with Crippen LogP contribution in [0, 0.1) is 5.92 Å². The van der Waals surface area contributed by atoms with Gasteiger partial charge in [0.05, 0.1) is 17.3 Å². The number of amides is 1. The number of hydrogen-bond acceptors (Lipinski definition) is 2. The summed E-state index contributed by atoms with van der Waals surface area (Å²) in [6, 6.07) is 5.75. The lowest BCUT2D eigenvalue weighted by molar-refractivity contribution is 0.0926. The monoisotopic (exact) mass is 279 g/mol. The van der Waals surface area contributed by atoms with Crippen molar-refractivity contribution in [3.63, 3.8) is 0 Å². The lowest BCUT2D eigenvalue weighted by atomic mass is 10.0. The Kier molecular flexibility index (Phi) is 4.43.